The summed E-state index contributed by atoms with van der Waals surface area (Å²) in [5, 5.41) is 29.9. The molecule has 0 amide bonds. The Balaban J connectivity index is 0.000000267. The molecule has 3 N–H and O–H groups in total. The highest BCUT2D eigenvalue weighted by atomic mass is 16.8. The van der Waals surface area contributed by atoms with Crippen molar-refractivity contribution in [3.8, 4) is 0 Å². The number of hydrogen-bond donors (Lipinski definition) is 3. The Morgan fingerprint density at radius 3 is 1.05 bits per heavy atom. The predicted octanol–water partition coefficient (Wildman–Crippen LogP) is 10.8. The lowest BCUT2D eigenvalue weighted by Crippen LogP contribution is -2.40. The summed E-state index contributed by atoms with van der Waals surface area (Å²) in [5.41, 5.74) is 1.18. The minimum absolute atomic E-state index is 0.0461. The number of aliphatic hydroxyl groups is 3. The van der Waals surface area contributed by atoms with Gasteiger partial charge in [0.2, 0.25) is 0 Å². The molecule has 3 unspecified atom stereocenters. The molecule has 8 aliphatic rings. The van der Waals surface area contributed by atoms with Gasteiger partial charge in [0.05, 0.1) is 56.4 Å². The van der Waals surface area contributed by atoms with Crippen molar-refractivity contribution in [2.75, 3.05) is 26.4 Å². The lowest BCUT2D eigenvalue weighted by Gasteiger charge is -2.46. The Kier molecular flexibility index (Phi) is 16.9. The summed E-state index contributed by atoms with van der Waals surface area (Å²) in [7, 11) is 0. The zero-order chi connectivity index (χ0) is 42.5. The lowest BCUT2D eigenvalue weighted by molar-refractivity contribution is -0.0881. The molecular formula is C52H92O8. The molecule has 2 saturated heterocycles. The fourth-order valence-corrected chi connectivity index (χ4v) is 14.0. The zero-order valence-corrected chi connectivity index (χ0v) is 39.3. The smallest absolute Gasteiger partial charge is 0.181 e. The number of hydrogen-bond acceptors (Lipinski definition) is 8. The summed E-state index contributed by atoms with van der Waals surface area (Å²) in [6, 6.07) is 0. The van der Waals surface area contributed by atoms with Gasteiger partial charge in [-0.15, -0.1) is 0 Å². The Bertz CT molecular complexity index is 1210. The van der Waals surface area contributed by atoms with E-state index in [9.17, 15) is 15.3 Å². The highest BCUT2D eigenvalue weighted by Gasteiger charge is 2.45. The summed E-state index contributed by atoms with van der Waals surface area (Å²) in [4.78, 5) is 0. The maximum absolute atomic E-state index is 10.7. The van der Waals surface area contributed by atoms with Crippen LogP contribution in [0.4, 0.5) is 0 Å². The molecule has 6 saturated carbocycles. The third-order valence-electron chi connectivity index (χ3n) is 19.1. The second kappa shape index (κ2) is 21.3. The van der Waals surface area contributed by atoms with Gasteiger partial charge in [0, 0.05) is 0 Å². The van der Waals surface area contributed by atoms with Gasteiger partial charge in [-0.25, -0.2) is 0 Å². The van der Waals surface area contributed by atoms with Gasteiger partial charge in [0.25, 0.3) is 0 Å². The van der Waals surface area contributed by atoms with Gasteiger partial charge in [-0.1, -0.05) is 41.5 Å². The molecule has 2 aliphatic heterocycles. The fourth-order valence-electron chi connectivity index (χ4n) is 14.0. The van der Waals surface area contributed by atoms with Crippen molar-refractivity contribution in [3.05, 3.63) is 0 Å². The second-order valence-electron chi connectivity index (χ2n) is 23.6. The number of rotatable bonds is 15. The van der Waals surface area contributed by atoms with Crippen LogP contribution in [0.15, 0.2) is 0 Å². The van der Waals surface area contributed by atoms with E-state index >= 15 is 0 Å². The van der Waals surface area contributed by atoms with Gasteiger partial charge in [-0.05, 0) is 212 Å². The third-order valence-corrected chi connectivity index (χ3v) is 19.1. The largest absolute Gasteiger partial charge is 0.393 e. The van der Waals surface area contributed by atoms with Crippen LogP contribution in [0.25, 0.3) is 0 Å². The molecule has 2 heterocycles. The SMILES string of the molecule is CC(C)(C1CCC(O)CC1)C1CCC(O)CC1.CC(C)(C1CCC(OCC(O)COC2CCC(C(C)(C)C3CCC(C4CO4)CC3)CC2)CC1)C1CCC(OC2CO2)CC1. The average Bonchev–Trinajstić information content (AvgIpc) is 4.20. The summed E-state index contributed by atoms with van der Waals surface area (Å²) >= 11 is 0. The van der Waals surface area contributed by atoms with Crippen LogP contribution in [0.5, 0.6) is 0 Å². The van der Waals surface area contributed by atoms with Crippen molar-refractivity contribution in [1.82, 2.24) is 0 Å². The fraction of sp³-hybridized carbons (Fsp3) is 1.00. The highest BCUT2D eigenvalue weighted by molar-refractivity contribution is 4.95. The van der Waals surface area contributed by atoms with Crippen molar-refractivity contribution < 1.29 is 39.0 Å². The third kappa shape index (κ3) is 12.9. The van der Waals surface area contributed by atoms with Crippen molar-refractivity contribution in [2.45, 2.75) is 245 Å². The summed E-state index contributed by atoms with van der Waals surface area (Å²) in [5.74, 6) is 5.58. The Morgan fingerprint density at radius 1 is 0.433 bits per heavy atom. The molecule has 0 aromatic rings. The molecule has 8 heteroatoms. The normalized spacial score (nSPS) is 41.1. The van der Waals surface area contributed by atoms with E-state index in [1.807, 2.05) is 0 Å². The topological polar surface area (TPSA) is 113 Å². The Morgan fingerprint density at radius 2 is 0.733 bits per heavy atom. The van der Waals surface area contributed by atoms with Gasteiger partial charge in [0.15, 0.2) is 6.29 Å². The molecule has 0 aromatic heterocycles. The van der Waals surface area contributed by atoms with E-state index < -0.39 is 6.10 Å². The maximum Gasteiger partial charge on any atom is 0.181 e. The molecule has 8 nitrogen and oxygen atoms in total. The second-order valence-corrected chi connectivity index (χ2v) is 23.6. The molecule has 0 aromatic carbocycles. The minimum Gasteiger partial charge on any atom is -0.393 e. The first kappa shape index (κ1) is 47.6. The van der Waals surface area contributed by atoms with Crippen LogP contribution in [0.2, 0.25) is 0 Å². The van der Waals surface area contributed by atoms with Crippen molar-refractivity contribution >= 4 is 0 Å². The van der Waals surface area contributed by atoms with Crippen LogP contribution >= 0.6 is 0 Å². The molecule has 3 atom stereocenters. The average molecular weight is 845 g/mol. The van der Waals surface area contributed by atoms with Crippen molar-refractivity contribution in [2.24, 2.45) is 57.7 Å². The molecule has 0 bridgehead atoms. The Labute approximate surface area is 366 Å². The maximum atomic E-state index is 10.7. The molecule has 0 spiro atoms. The first-order chi connectivity index (χ1) is 28.7. The first-order valence-electron chi connectivity index (χ1n) is 25.8. The quantitative estimate of drug-likeness (QED) is 0.140. The van der Waals surface area contributed by atoms with Gasteiger partial charge in [0.1, 0.15) is 12.7 Å². The number of aliphatic hydroxyl groups excluding tert-OH is 3. The van der Waals surface area contributed by atoms with Gasteiger partial charge < -0.3 is 39.0 Å². The summed E-state index contributed by atoms with van der Waals surface area (Å²) in [6.07, 6.45) is 29.7. The molecule has 8 fully saturated rings. The van der Waals surface area contributed by atoms with Crippen molar-refractivity contribution in [1.29, 1.82) is 0 Å². The predicted molar refractivity (Wildman–Crippen MR) is 238 cm³/mol. The van der Waals surface area contributed by atoms with E-state index in [0.717, 1.165) is 106 Å². The van der Waals surface area contributed by atoms with Gasteiger partial charge in [-0.2, -0.15) is 0 Å². The van der Waals surface area contributed by atoms with E-state index in [1.54, 1.807) is 0 Å². The van der Waals surface area contributed by atoms with Crippen LogP contribution in [-0.2, 0) is 23.7 Å². The van der Waals surface area contributed by atoms with E-state index in [-0.39, 0.29) is 24.6 Å². The van der Waals surface area contributed by atoms with Crippen LogP contribution in [0.1, 0.15) is 196 Å². The zero-order valence-electron chi connectivity index (χ0n) is 39.3. The first-order valence-corrected chi connectivity index (χ1v) is 25.8. The number of epoxide rings is 2. The standard InChI is InChI=1S/C37H64O6.C15H28O2/c1-36(2,26-7-5-25(6-8-26)34-23-41-34)27-9-15-31(16-10-27)39-21-30(38)22-40-32-17-11-28(12-18-32)37(3,4)29-13-19-33(20-14-29)43-35-24-42-35;1-15(2,11-3-7-13(16)8-4-11)12-5-9-14(17)10-6-12/h25-35,38H,5-24H2,1-4H3;11-14,16-17H,3-10H2,1-2H3. The van der Waals surface area contributed by atoms with Crippen LogP contribution < -0.4 is 0 Å². The lowest BCUT2D eigenvalue weighted by atomic mass is 9.59. The van der Waals surface area contributed by atoms with E-state index in [1.165, 1.54) is 103 Å². The molecule has 60 heavy (non-hydrogen) atoms. The molecule has 8 rings (SSSR count). The van der Waals surface area contributed by atoms with Gasteiger partial charge >= 0.3 is 0 Å². The van der Waals surface area contributed by atoms with Crippen LogP contribution in [0, 0.1) is 57.7 Å². The monoisotopic (exact) mass is 845 g/mol. The Hall–Kier alpha value is -0.320. The van der Waals surface area contributed by atoms with E-state index in [4.69, 9.17) is 23.7 Å². The molecular weight excluding hydrogens is 753 g/mol. The highest BCUT2D eigenvalue weighted by Crippen LogP contribution is 2.52. The minimum atomic E-state index is -0.521. The van der Waals surface area contributed by atoms with Crippen LogP contribution in [0.3, 0.4) is 0 Å². The molecule has 348 valence electrons. The van der Waals surface area contributed by atoms with E-state index in [2.05, 4.69) is 41.5 Å². The van der Waals surface area contributed by atoms with Gasteiger partial charge in [-0.3, -0.25) is 0 Å². The summed E-state index contributed by atoms with van der Waals surface area (Å²) < 4.78 is 29.3. The summed E-state index contributed by atoms with van der Waals surface area (Å²) in [6.45, 7) is 17.6. The molecule has 0 radical (unpaired) electrons. The molecule has 6 aliphatic carbocycles. The number of ether oxygens (including phenoxy) is 5. The van der Waals surface area contributed by atoms with E-state index in [0.29, 0.717) is 47.8 Å². The van der Waals surface area contributed by atoms with Crippen LogP contribution in [-0.4, -0.2) is 90.8 Å². The van der Waals surface area contributed by atoms with Crippen molar-refractivity contribution in [3.63, 3.8) is 0 Å².